The fourth-order valence-electron chi connectivity index (χ4n) is 4.23. The Kier molecular flexibility index (Phi) is 9.53. The zero-order valence-corrected chi connectivity index (χ0v) is 24.0. The van der Waals surface area contributed by atoms with E-state index in [1.807, 2.05) is 6.07 Å². The minimum absolute atomic E-state index is 0.0206. The quantitative estimate of drug-likeness (QED) is 0.0573. The maximum atomic E-state index is 14.0. The zero-order valence-electron chi connectivity index (χ0n) is 24.0. The number of nitrogens with one attached hydrogen (secondary N) is 2. The summed E-state index contributed by atoms with van der Waals surface area (Å²) in [6.45, 7) is 0.419. The molecule has 0 spiro atoms. The summed E-state index contributed by atoms with van der Waals surface area (Å²) in [5.74, 6) is -0.703. The maximum Gasteiger partial charge on any atom is 0.171 e. The molecule has 0 aliphatic heterocycles. The smallest absolute Gasteiger partial charge is 0.171 e. The van der Waals surface area contributed by atoms with Crippen LogP contribution in [0.25, 0.3) is 22.8 Å². The van der Waals surface area contributed by atoms with Crippen molar-refractivity contribution in [1.29, 1.82) is 10.7 Å². The summed E-state index contributed by atoms with van der Waals surface area (Å²) in [6.07, 6.45) is 2.87. The first kappa shape index (κ1) is 30.8. The van der Waals surface area contributed by atoms with Gasteiger partial charge in [0, 0.05) is 23.3 Å². The van der Waals surface area contributed by atoms with Gasteiger partial charge in [0.2, 0.25) is 0 Å². The van der Waals surface area contributed by atoms with Crippen LogP contribution in [0.1, 0.15) is 22.5 Å². The van der Waals surface area contributed by atoms with Gasteiger partial charge in [-0.05, 0) is 24.3 Å². The van der Waals surface area contributed by atoms with Crippen molar-refractivity contribution in [3.63, 3.8) is 0 Å². The highest BCUT2D eigenvalue weighted by Gasteiger charge is 2.17. The van der Waals surface area contributed by atoms with Gasteiger partial charge in [-0.2, -0.15) is 20.6 Å². The highest BCUT2D eigenvalue weighted by atomic mass is 19.1. The number of aromatic nitrogens is 6. The number of nitrogen functional groups attached to an aromatic ring is 1. The van der Waals surface area contributed by atoms with Crippen LogP contribution in [0.4, 0.5) is 8.78 Å². The number of halogens is 2. The fraction of sp³-hybridized carbons (Fsp3) is 0.100. The molecule has 0 bridgehead atoms. The van der Waals surface area contributed by atoms with Gasteiger partial charge in [-0.25, -0.2) is 8.78 Å². The second kappa shape index (κ2) is 14.2. The predicted molar refractivity (Wildman–Crippen MR) is 162 cm³/mol. The number of nitriles is 1. The fourth-order valence-corrected chi connectivity index (χ4v) is 4.23. The van der Waals surface area contributed by atoms with Crippen molar-refractivity contribution in [3.8, 4) is 28.8 Å². The van der Waals surface area contributed by atoms with Crippen molar-refractivity contribution in [1.82, 2.24) is 35.3 Å². The van der Waals surface area contributed by atoms with Crippen LogP contribution in [-0.2, 0) is 13.1 Å². The van der Waals surface area contributed by atoms with Crippen LogP contribution in [0.5, 0.6) is 0 Å². The molecule has 232 valence electrons. The molecule has 46 heavy (non-hydrogen) atoms. The summed E-state index contributed by atoms with van der Waals surface area (Å²) in [6, 6.07) is 21.4. The van der Waals surface area contributed by atoms with Crippen LogP contribution in [0, 0.1) is 28.4 Å². The number of rotatable bonds is 10. The molecular weight excluding hydrogens is 598 g/mol. The number of amidine groups is 2. The lowest BCUT2D eigenvalue weighted by Gasteiger charge is -2.06. The van der Waals surface area contributed by atoms with Crippen LogP contribution in [-0.4, -0.2) is 48.1 Å². The van der Waals surface area contributed by atoms with Gasteiger partial charge in [0.25, 0.3) is 0 Å². The van der Waals surface area contributed by atoms with E-state index in [1.165, 1.54) is 24.7 Å². The number of hydrazone groups is 1. The molecule has 2 aromatic carbocycles. The average molecular weight is 625 g/mol. The van der Waals surface area contributed by atoms with Crippen molar-refractivity contribution in [2.75, 3.05) is 6.54 Å². The maximum absolute atomic E-state index is 14.0. The SMILES string of the molecule is N#CCNN=C(N)c1cc(-c2ccon2)n(Cc2ccccc2F)n1.N=C(N)c1cc(-c2ccon2)n(Cc2ccccc2F)n1. The van der Waals surface area contributed by atoms with E-state index in [2.05, 4.69) is 31.0 Å². The van der Waals surface area contributed by atoms with Crippen molar-refractivity contribution >= 4 is 11.7 Å². The van der Waals surface area contributed by atoms with E-state index < -0.39 is 0 Å². The van der Waals surface area contributed by atoms with E-state index >= 15 is 0 Å². The molecule has 16 heteroatoms. The minimum Gasteiger partial charge on any atom is -0.382 e. The van der Waals surface area contributed by atoms with Gasteiger partial charge in [-0.15, -0.1) is 0 Å². The number of nitrogens with two attached hydrogens (primary N) is 2. The van der Waals surface area contributed by atoms with Gasteiger partial charge < -0.3 is 20.5 Å². The Morgan fingerprint density at radius 1 is 0.826 bits per heavy atom. The summed E-state index contributed by atoms with van der Waals surface area (Å²) >= 11 is 0. The predicted octanol–water partition coefficient (Wildman–Crippen LogP) is 3.47. The second-order valence-electron chi connectivity index (χ2n) is 9.50. The monoisotopic (exact) mass is 624 g/mol. The van der Waals surface area contributed by atoms with E-state index in [0.29, 0.717) is 45.3 Å². The van der Waals surface area contributed by atoms with Crippen LogP contribution >= 0.6 is 0 Å². The number of nitrogens with zero attached hydrogens (tertiary/aromatic N) is 8. The first-order chi connectivity index (χ1) is 22.3. The molecule has 0 amide bonds. The molecule has 4 heterocycles. The summed E-state index contributed by atoms with van der Waals surface area (Å²) in [7, 11) is 0. The summed E-state index contributed by atoms with van der Waals surface area (Å²) < 4.78 is 40.5. The molecular formula is C30H26F2N12O2. The highest BCUT2D eigenvalue weighted by Crippen LogP contribution is 2.22. The van der Waals surface area contributed by atoms with Gasteiger partial charge in [-0.1, -0.05) is 46.7 Å². The average Bonchev–Trinajstić information content (AvgIpc) is 3.87. The Morgan fingerprint density at radius 3 is 1.78 bits per heavy atom. The number of benzene rings is 2. The lowest BCUT2D eigenvalue weighted by Crippen LogP contribution is -2.20. The van der Waals surface area contributed by atoms with Crippen molar-refractivity contribution in [2.45, 2.75) is 13.1 Å². The van der Waals surface area contributed by atoms with Gasteiger partial charge in [0.15, 0.2) is 5.84 Å². The zero-order chi connectivity index (χ0) is 32.5. The summed E-state index contributed by atoms with van der Waals surface area (Å²) in [5, 5.41) is 36.2. The van der Waals surface area contributed by atoms with Crippen molar-refractivity contribution < 1.29 is 17.8 Å². The van der Waals surface area contributed by atoms with E-state index in [1.54, 1.807) is 70.0 Å². The second-order valence-corrected chi connectivity index (χ2v) is 9.50. The number of hydrogen-bond acceptors (Lipinski definition) is 10. The number of hydrogen-bond donors (Lipinski definition) is 4. The van der Waals surface area contributed by atoms with Crippen LogP contribution < -0.4 is 16.9 Å². The van der Waals surface area contributed by atoms with E-state index in [4.69, 9.17) is 31.2 Å². The lowest BCUT2D eigenvalue weighted by atomic mass is 10.2. The van der Waals surface area contributed by atoms with Crippen LogP contribution in [0.15, 0.2) is 99.5 Å². The molecule has 6 N–H and O–H groups in total. The van der Waals surface area contributed by atoms with E-state index in [9.17, 15) is 8.78 Å². The van der Waals surface area contributed by atoms with E-state index in [-0.39, 0.29) is 42.9 Å². The largest absolute Gasteiger partial charge is 0.382 e. The van der Waals surface area contributed by atoms with E-state index in [0.717, 1.165) is 0 Å². The molecule has 0 unspecified atom stereocenters. The van der Waals surface area contributed by atoms with Crippen molar-refractivity contribution in [3.05, 3.63) is 119 Å². The molecule has 0 saturated carbocycles. The molecule has 0 fully saturated rings. The third kappa shape index (κ3) is 7.29. The molecule has 0 radical (unpaired) electrons. The Bertz CT molecular complexity index is 1990. The third-order valence-corrected chi connectivity index (χ3v) is 6.41. The molecule has 0 aliphatic carbocycles. The molecule has 14 nitrogen and oxygen atoms in total. The first-order valence-corrected chi connectivity index (χ1v) is 13.6. The topological polar surface area (TPSA) is 212 Å². The molecule has 0 aliphatic rings. The summed E-state index contributed by atoms with van der Waals surface area (Å²) in [4.78, 5) is 0. The standard InChI is InChI=1S/C16H14FN7O.C14H12FN5O/c17-12-4-2-1-3-11(12)10-24-15(13-5-8-25-23-13)9-14(22-24)16(19)21-20-7-6-18;15-10-4-2-1-3-9(10)8-20-13(11-5-6-21-19-11)7-12(18-20)14(16)17/h1-5,8-9,20H,7,10H2,(H2,19,21);1-7H,8H2,(H3,16,17). The normalized spacial score (nSPS) is 11.0. The van der Waals surface area contributed by atoms with Crippen molar-refractivity contribution in [2.24, 2.45) is 16.6 Å². The Hall–Kier alpha value is -6.63. The third-order valence-electron chi connectivity index (χ3n) is 6.41. The molecule has 6 rings (SSSR count). The minimum atomic E-state index is -0.331. The highest BCUT2D eigenvalue weighted by molar-refractivity contribution is 5.96. The lowest BCUT2D eigenvalue weighted by molar-refractivity contribution is 0.421. The van der Waals surface area contributed by atoms with Crippen LogP contribution in [0.2, 0.25) is 0 Å². The van der Waals surface area contributed by atoms with Crippen LogP contribution in [0.3, 0.4) is 0 Å². The van der Waals surface area contributed by atoms with Gasteiger partial charge in [-0.3, -0.25) is 20.2 Å². The van der Waals surface area contributed by atoms with Gasteiger partial charge >= 0.3 is 0 Å². The molecule has 0 saturated heterocycles. The molecule has 4 aromatic heterocycles. The van der Waals surface area contributed by atoms with Gasteiger partial charge in [0.05, 0.1) is 30.5 Å². The Labute approximate surface area is 260 Å². The Balaban J connectivity index is 0.000000184. The Morgan fingerprint density at radius 2 is 1.33 bits per heavy atom. The molecule has 6 aromatic rings. The molecule has 0 atom stereocenters. The van der Waals surface area contributed by atoms with Gasteiger partial charge in [0.1, 0.15) is 59.3 Å². The first-order valence-electron chi connectivity index (χ1n) is 13.6. The summed E-state index contributed by atoms with van der Waals surface area (Å²) in [5.41, 5.74) is 17.8.